The summed E-state index contributed by atoms with van der Waals surface area (Å²) in [4.78, 5) is 24.6. The van der Waals surface area contributed by atoms with Crippen LogP contribution in [0.15, 0.2) is 41.5 Å². The van der Waals surface area contributed by atoms with Gasteiger partial charge in [0.2, 0.25) is 5.91 Å². The van der Waals surface area contributed by atoms with Crippen LogP contribution in [0.25, 0.3) is 11.0 Å². The van der Waals surface area contributed by atoms with Crippen molar-refractivity contribution in [3.63, 3.8) is 0 Å². The van der Waals surface area contributed by atoms with Crippen LogP contribution in [0.2, 0.25) is 0 Å². The van der Waals surface area contributed by atoms with Crippen LogP contribution in [0.1, 0.15) is 25.0 Å². The molecule has 0 radical (unpaired) electrons. The number of aromatic nitrogens is 2. The van der Waals surface area contributed by atoms with Crippen molar-refractivity contribution >= 4 is 23.2 Å². The largest absolute Gasteiger partial charge is 0.376 e. The summed E-state index contributed by atoms with van der Waals surface area (Å²) in [7, 11) is 0. The minimum atomic E-state index is -0.679. The zero-order valence-electron chi connectivity index (χ0n) is 13.4. The van der Waals surface area contributed by atoms with Crippen LogP contribution in [0, 0.1) is 0 Å². The molecule has 0 bridgehead atoms. The zero-order chi connectivity index (χ0) is 16.4. The van der Waals surface area contributed by atoms with Gasteiger partial charge < -0.3 is 15.0 Å². The first-order valence-corrected chi connectivity index (χ1v) is 8.31. The molecule has 0 aromatic carbocycles. The van der Waals surface area contributed by atoms with Crippen molar-refractivity contribution in [2.75, 3.05) is 13.2 Å². The Morgan fingerprint density at radius 1 is 1.50 bits per heavy atom. The van der Waals surface area contributed by atoms with Crippen LogP contribution in [0.4, 0.5) is 0 Å². The number of hydrogen-bond donors (Lipinski definition) is 2. The highest BCUT2D eigenvalue weighted by Crippen LogP contribution is 2.34. The molecule has 1 fully saturated rings. The Morgan fingerprint density at radius 3 is 3.21 bits per heavy atom. The maximum Gasteiger partial charge on any atom is 0.223 e. The minimum absolute atomic E-state index is 0.0270. The van der Waals surface area contributed by atoms with Gasteiger partial charge in [-0.3, -0.25) is 9.79 Å². The molecule has 0 spiro atoms. The van der Waals surface area contributed by atoms with Crippen LogP contribution < -0.4 is 5.32 Å². The van der Waals surface area contributed by atoms with Crippen molar-refractivity contribution in [3.8, 4) is 0 Å². The lowest BCUT2D eigenvalue weighted by Crippen LogP contribution is -2.36. The van der Waals surface area contributed by atoms with Gasteiger partial charge in [0.15, 0.2) is 0 Å². The molecule has 124 valence electrons. The lowest BCUT2D eigenvalue weighted by Gasteiger charge is -2.23. The highest BCUT2D eigenvalue weighted by Gasteiger charge is 2.35. The van der Waals surface area contributed by atoms with Gasteiger partial charge in [0.05, 0.1) is 12.5 Å². The van der Waals surface area contributed by atoms with E-state index in [2.05, 4.69) is 20.3 Å². The summed E-state index contributed by atoms with van der Waals surface area (Å²) < 4.78 is 5.55. The second-order valence-electron chi connectivity index (χ2n) is 6.30. The van der Waals surface area contributed by atoms with Gasteiger partial charge in [0.25, 0.3) is 0 Å². The monoisotopic (exact) mass is 324 g/mol. The first-order valence-electron chi connectivity index (χ1n) is 8.31. The van der Waals surface area contributed by atoms with Gasteiger partial charge in [0, 0.05) is 36.6 Å². The fourth-order valence-electron chi connectivity index (χ4n) is 3.31. The number of carbonyl (C=O) groups excluding carboxylic acids is 1. The number of fused-ring (bicyclic) bond motifs is 1. The van der Waals surface area contributed by atoms with Gasteiger partial charge in [0.1, 0.15) is 11.2 Å². The summed E-state index contributed by atoms with van der Waals surface area (Å²) >= 11 is 0. The Balaban J connectivity index is 1.51. The summed E-state index contributed by atoms with van der Waals surface area (Å²) in [5, 5.41) is 3.99. The van der Waals surface area contributed by atoms with Crippen molar-refractivity contribution in [1.82, 2.24) is 15.3 Å². The second-order valence-corrected chi connectivity index (χ2v) is 6.30. The third-order valence-electron chi connectivity index (χ3n) is 4.60. The van der Waals surface area contributed by atoms with E-state index >= 15 is 0 Å². The van der Waals surface area contributed by atoms with Crippen LogP contribution in [0.3, 0.4) is 0 Å². The second kappa shape index (κ2) is 6.20. The van der Waals surface area contributed by atoms with E-state index in [1.807, 2.05) is 30.4 Å². The molecule has 2 atom stereocenters. The van der Waals surface area contributed by atoms with E-state index in [9.17, 15) is 4.79 Å². The van der Waals surface area contributed by atoms with Crippen molar-refractivity contribution in [3.05, 3.63) is 42.2 Å². The van der Waals surface area contributed by atoms with Gasteiger partial charge >= 0.3 is 0 Å². The smallest absolute Gasteiger partial charge is 0.223 e. The highest BCUT2D eigenvalue weighted by molar-refractivity contribution is 5.84. The molecule has 2 unspecified atom stereocenters. The SMILES string of the molecule is O=C(CC1(c2cc3cccnc3[nH]2)C=CC=N1)NCC1CCCO1. The fourth-order valence-corrected chi connectivity index (χ4v) is 3.31. The molecule has 2 aliphatic rings. The summed E-state index contributed by atoms with van der Waals surface area (Å²) in [6, 6.07) is 5.91. The number of nitrogens with zero attached hydrogens (tertiary/aromatic N) is 2. The van der Waals surface area contributed by atoms with Crippen molar-refractivity contribution in [2.24, 2.45) is 4.99 Å². The molecule has 0 aliphatic carbocycles. The van der Waals surface area contributed by atoms with E-state index in [-0.39, 0.29) is 18.4 Å². The third kappa shape index (κ3) is 2.85. The number of allylic oxidation sites excluding steroid dienone is 1. The number of carbonyl (C=O) groups is 1. The molecule has 2 N–H and O–H groups in total. The molecule has 6 nitrogen and oxygen atoms in total. The molecule has 4 rings (SSSR count). The zero-order valence-corrected chi connectivity index (χ0v) is 13.4. The quantitative estimate of drug-likeness (QED) is 0.884. The molecule has 2 aromatic heterocycles. The van der Waals surface area contributed by atoms with Crippen LogP contribution in [-0.4, -0.2) is 41.3 Å². The molecule has 2 aliphatic heterocycles. The molecule has 6 heteroatoms. The number of hydrogen-bond acceptors (Lipinski definition) is 4. The van der Waals surface area contributed by atoms with E-state index in [0.29, 0.717) is 6.54 Å². The Bertz CT molecular complexity index is 757. The standard InChI is InChI=1S/C18H20N4O2/c23-16(20-12-14-5-2-9-24-14)11-18(6-3-8-21-18)15-10-13-4-1-7-19-17(13)22-15/h1,3-4,6-8,10,14H,2,5,9,11-12H2,(H,19,22)(H,20,23). The molecular formula is C18H20N4O2. The lowest BCUT2D eigenvalue weighted by atomic mass is 9.92. The summed E-state index contributed by atoms with van der Waals surface area (Å²) in [5.41, 5.74) is 1.01. The van der Waals surface area contributed by atoms with Crippen molar-refractivity contribution in [2.45, 2.75) is 30.9 Å². The van der Waals surface area contributed by atoms with E-state index in [1.165, 1.54) is 0 Å². The van der Waals surface area contributed by atoms with Gasteiger partial charge in [-0.1, -0.05) is 0 Å². The summed E-state index contributed by atoms with van der Waals surface area (Å²) in [6.45, 7) is 1.36. The number of nitrogens with one attached hydrogen (secondary N) is 2. The van der Waals surface area contributed by atoms with Gasteiger partial charge in [-0.2, -0.15) is 0 Å². The minimum Gasteiger partial charge on any atom is -0.376 e. The van der Waals surface area contributed by atoms with E-state index < -0.39 is 5.54 Å². The first-order chi connectivity index (χ1) is 11.8. The van der Waals surface area contributed by atoms with E-state index in [0.717, 1.165) is 36.2 Å². The number of amides is 1. The molecule has 0 saturated carbocycles. The number of pyridine rings is 1. The average molecular weight is 324 g/mol. The van der Waals surface area contributed by atoms with Gasteiger partial charge in [-0.25, -0.2) is 4.98 Å². The molecule has 1 saturated heterocycles. The van der Waals surface area contributed by atoms with Crippen LogP contribution in [-0.2, 0) is 15.1 Å². The average Bonchev–Trinajstić information content (AvgIpc) is 3.33. The highest BCUT2D eigenvalue weighted by atomic mass is 16.5. The Labute approximate surface area is 140 Å². The summed E-state index contributed by atoms with van der Waals surface area (Å²) in [5.74, 6) is -0.0270. The predicted octanol–water partition coefficient (Wildman–Crippen LogP) is 2.08. The molecule has 24 heavy (non-hydrogen) atoms. The van der Waals surface area contributed by atoms with Gasteiger partial charge in [-0.15, -0.1) is 0 Å². The maximum absolute atomic E-state index is 12.4. The predicted molar refractivity (Wildman–Crippen MR) is 92.0 cm³/mol. The number of rotatable bonds is 5. The van der Waals surface area contributed by atoms with E-state index in [4.69, 9.17) is 4.74 Å². The number of H-pyrrole nitrogens is 1. The third-order valence-corrected chi connectivity index (χ3v) is 4.60. The van der Waals surface area contributed by atoms with Gasteiger partial charge in [-0.05, 0) is 43.2 Å². The van der Waals surface area contributed by atoms with Crippen LogP contribution in [0.5, 0.6) is 0 Å². The molecule has 2 aromatic rings. The maximum atomic E-state index is 12.4. The number of aliphatic imine (C=N–C) groups is 1. The lowest BCUT2D eigenvalue weighted by molar-refractivity contribution is -0.122. The number of aromatic amines is 1. The fraction of sp³-hybridized carbons (Fsp3) is 0.389. The van der Waals surface area contributed by atoms with Crippen molar-refractivity contribution < 1.29 is 9.53 Å². The Morgan fingerprint density at radius 2 is 2.46 bits per heavy atom. The molecule has 4 heterocycles. The van der Waals surface area contributed by atoms with E-state index in [1.54, 1.807) is 12.4 Å². The first kappa shape index (κ1) is 15.1. The molecular weight excluding hydrogens is 304 g/mol. The normalized spacial score (nSPS) is 25.6. The molecule has 1 amide bonds. The number of ether oxygens (including phenoxy) is 1. The Kier molecular flexibility index (Phi) is 3.90. The Hall–Kier alpha value is -2.47. The van der Waals surface area contributed by atoms with Crippen LogP contribution >= 0.6 is 0 Å². The van der Waals surface area contributed by atoms with Crippen molar-refractivity contribution in [1.29, 1.82) is 0 Å². The topological polar surface area (TPSA) is 79.4 Å². The summed E-state index contributed by atoms with van der Waals surface area (Å²) in [6.07, 6.45) is 9.82.